The van der Waals surface area contributed by atoms with E-state index in [0.29, 0.717) is 11.3 Å². The molecule has 1 aromatic heterocycles. The zero-order valence-corrected chi connectivity index (χ0v) is 12.8. The maximum Gasteiger partial charge on any atom is 0.345 e. The van der Waals surface area contributed by atoms with Crippen LogP contribution < -0.4 is 0 Å². The topological polar surface area (TPSA) is 101 Å². The Kier molecular flexibility index (Phi) is 5.26. The number of hydrogen-bond donors (Lipinski definition) is 1. The molecule has 1 heterocycles. The molecule has 0 fully saturated rings. The molecule has 0 saturated carbocycles. The first kappa shape index (κ1) is 16.6. The van der Waals surface area contributed by atoms with E-state index >= 15 is 0 Å². The molecule has 0 amide bonds. The minimum Gasteiger partial charge on any atom is -0.477 e. The highest BCUT2D eigenvalue weighted by molar-refractivity contribution is 7.91. The van der Waals surface area contributed by atoms with Gasteiger partial charge < -0.3 is 9.84 Å². The summed E-state index contributed by atoms with van der Waals surface area (Å²) in [5, 5.41) is 8.79. The van der Waals surface area contributed by atoms with Gasteiger partial charge >= 0.3 is 11.9 Å². The van der Waals surface area contributed by atoms with Gasteiger partial charge in [0.15, 0.2) is 0 Å². The number of aromatic carboxylic acids is 1. The van der Waals surface area contributed by atoms with Crippen molar-refractivity contribution < 1.29 is 27.9 Å². The van der Waals surface area contributed by atoms with Crippen LogP contribution in [-0.2, 0) is 19.6 Å². The highest BCUT2D eigenvalue weighted by Crippen LogP contribution is 2.24. The van der Waals surface area contributed by atoms with Crippen LogP contribution in [0.3, 0.4) is 0 Å². The minimum atomic E-state index is -3.81. The number of carbonyl (C=O) groups is 2. The first-order valence-electron chi connectivity index (χ1n) is 5.57. The van der Waals surface area contributed by atoms with Crippen molar-refractivity contribution in [1.29, 1.82) is 0 Å². The van der Waals surface area contributed by atoms with Crippen molar-refractivity contribution in [2.75, 3.05) is 20.7 Å². The van der Waals surface area contributed by atoms with Gasteiger partial charge in [-0.2, -0.15) is 4.31 Å². The fourth-order valence-corrected chi connectivity index (χ4v) is 4.10. The van der Waals surface area contributed by atoms with Crippen molar-refractivity contribution in [3.63, 3.8) is 0 Å². The van der Waals surface area contributed by atoms with E-state index in [1.807, 2.05) is 0 Å². The van der Waals surface area contributed by atoms with Gasteiger partial charge in [-0.05, 0) is 12.1 Å². The largest absolute Gasteiger partial charge is 0.477 e. The van der Waals surface area contributed by atoms with Crippen LogP contribution in [0.15, 0.2) is 16.3 Å². The molecular weight excluding hydrogens is 306 g/mol. The summed E-state index contributed by atoms with van der Waals surface area (Å²) in [5.41, 5.74) is 0. The fourth-order valence-electron chi connectivity index (χ4n) is 1.49. The second kappa shape index (κ2) is 6.33. The Morgan fingerprint density at radius 1 is 1.45 bits per heavy atom. The quantitative estimate of drug-likeness (QED) is 0.780. The van der Waals surface area contributed by atoms with Crippen molar-refractivity contribution >= 4 is 33.3 Å². The lowest BCUT2D eigenvalue weighted by Crippen LogP contribution is -2.33. The van der Waals surface area contributed by atoms with Gasteiger partial charge in [0.2, 0.25) is 0 Å². The fraction of sp³-hybridized carbons (Fsp3) is 0.455. The molecule has 1 aromatic rings. The van der Waals surface area contributed by atoms with Crippen LogP contribution in [-0.4, -0.2) is 50.5 Å². The van der Waals surface area contributed by atoms with E-state index in [4.69, 9.17) is 5.11 Å². The van der Waals surface area contributed by atoms with Crippen LogP contribution in [0.5, 0.6) is 0 Å². The molecule has 1 atom stereocenters. The summed E-state index contributed by atoms with van der Waals surface area (Å²) in [7, 11) is -1.25. The number of nitrogens with zero attached hydrogens (tertiary/aromatic N) is 1. The average molecular weight is 321 g/mol. The Morgan fingerprint density at radius 3 is 2.50 bits per heavy atom. The van der Waals surface area contributed by atoms with Gasteiger partial charge in [-0.15, -0.1) is 11.3 Å². The number of carboxylic acid groups (broad SMARTS) is 1. The number of thiophene rings is 1. The third-order valence-electron chi connectivity index (χ3n) is 2.59. The molecular formula is C11H15NO6S2. The average Bonchev–Trinajstić information content (AvgIpc) is 2.87. The molecule has 0 aromatic carbocycles. The van der Waals surface area contributed by atoms with Crippen molar-refractivity contribution in [2.45, 2.75) is 11.1 Å². The van der Waals surface area contributed by atoms with E-state index < -0.39 is 27.9 Å². The first-order valence-corrected chi connectivity index (χ1v) is 7.83. The van der Waals surface area contributed by atoms with Crippen LogP contribution in [0.2, 0.25) is 0 Å². The normalized spacial score (nSPS) is 13.2. The molecule has 1 unspecified atom stereocenters. The van der Waals surface area contributed by atoms with Crippen LogP contribution >= 0.6 is 11.3 Å². The Morgan fingerprint density at radius 2 is 2.05 bits per heavy atom. The Balaban J connectivity index is 2.92. The summed E-state index contributed by atoms with van der Waals surface area (Å²) in [5.74, 6) is -2.30. The van der Waals surface area contributed by atoms with Crippen molar-refractivity contribution in [2.24, 2.45) is 5.92 Å². The maximum atomic E-state index is 12.2. The molecule has 1 N–H and O–H groups in total. The number of esters is 1. The third kappa shape index (κ3) is 3.56. The van der Waals surface area contributed by atoms with Crippen molar-refractivity contribution in [3.05, 3.63) is 17.0 Å². The van der Waals surface area contributed by atoms with E-state index in [1.54, 1.807) is 6.92 Å². The van der Waals surface area contributed by atoms with Crippen LogP contribution in [0.1, 0.15) is 16.6 Å². The summed E-state index contributed by atoms with van der Waals surface area (Å²) >= 11 is 0.672. The molecule has 0 saturated heterocycles. The summed E-state index contributed by atoms with van der Waals surface area (Å²) in [6.07, 6.45) is 0. The third-order valence-corrected chi connectivity index (χ3v) is 5.96. The number of hydrogen-bond acceptors (Lipinski definition) is 6. The SMILES string of the molecule is COC(=O)C(C)CN(C)S(=O)(=O)c1ccc(C(=O)O)s1. The first-order chi connectivity index (χ1) is 9.20. The highest BCUT2D eigenvalue weighted by atomic mass is 32.2. The molecule has 9 heteroatoms. The summed E-state index contributed by atoms with van der Waals surface area (Å²) in [6, 6.07) is 2.47. The Labute approximate surface area is 120 Å². The second-order valence-electron chi connectivity index (χ2n) is 4.13. The Hall–Kier alpha value is -1.45. The lowest BCUT2D eigenvalue weighted by molar-refractivity contribution is -0.144. The highest BCUT2D eigenvalue weighted by Gasteiger charge is 2.27. The maximum absolute atomic E-state index is 12.2. The van der Waals surface area contributed by atoms with Gasteiger partial charge in [-0.3, -0.25) is 4.79 Å². The molecule has 0 spiro atoms. The predicted octanol–water partition coefficient (Wildman–Crippen LogP) is 0.876. The van der Waals surface area contributed by atoms with Crippen molar-refractivity contribution in [1.82, 2.24) is 4.31 Å². The number of sulfonamides is 1. The summed E-state index contributed by atoms with van der Waals surface area (Å²) < 4.78 is 29.9. The van der Waals surface area contributed by atoms with E-state index in [-0.39, 0.29) is 15.6 Å². The number of ether oxygens (including phenoxy) is 1. The van der Waals surface area contributed by atoms with Crippen LogP contribution in [0.4, 0.5) is 0 Å². The molecule has 0 radical (unpaired) electrons. The van der Waals surface area contributed by atoms with E-state index in [9.17, 15) is 18.0 Å². The van der Waals surface area contributed by atoms with Crippen molar-refractivity contribution in [3.8, 4) is 0 Å². The molecule has 0 aliphatic heterocycles. The molecule has 0 aliphatic rings. The summed E-state index contributed by atoms with van der Waals surface area (Å²) in [6.45, 7) is 1.50. The lowest BCUT2D eigenvalue weighted by atomic mass is 10.2. The van der Waals surface area contributed by atoms with Gasteiger partial charge in [-0.25, -0.2) is 13.2 Å². The minimum absolute atomic E-state index is 0.0463. The van der Waals surface area contributed by atoms with Gasteiger partial charge in [0.1, 0.15) is 9.09 Å². The zero-order chi connectivity index (χ0) is 15.5. The molecule has 0 bridgehead atoms. The van der Waals surface area contributed by atoms with E-state index in [0.717, 1.165) is 4.31 Å². The number of carbonyl (C=O) groups excluding carboxylic acids is 1. The monoisotopic (exact) mass is 321 g/mol. The molecule has 112 valence electrons. The van der Waals surface area contributed by atoms with Gasteiger partial charge in [0.25, 0.3) is 10.0 Å². The zero-order valence-electron chi connectivity index (χ0n) is 11.2. The van der Waals surface area contributed by atoms with Gasteiger partial charge in [-0.1, -0.05) is 6.92 Å². The lowest BCUT2D eigenvalue weighted by Gasteiger charge is -2.19. The van der Waals surface area contributed by atoms with Gasteiger partial charge in [0, 0.05) is 13.6 Å². The predicted molar refractivity (Wildman–Crippen MR) is 72.3 cm³/mol. The number of carboxylic acids is 1. The number of rotatable bonds is 6. The summed E-state index contributed by atoms with van der Waals surface area (Å²) in [4.78, 5) is 22.0. The standard InChI is InChI=1S/C11H15NO6S2/c1-7(11(15)18-3)6-12(2)20(16,17)9-5-4-8(19-9)10(13)14/h4-5,7H,6H2,1-3H3,(H,13,14). The number of methoxy groups -OCH3 is 1. The van der Waals surface area contributed by atoms with Crippen LogP contribution in [0.25, 0.3) is 0 Å². The molecule has 0 aliphatic carbocycles. The smallest absolute Gasteiger partial charge is 0.345 e. The molecule has 20 heavy (non-hydrogen) atoms. The second-order valence-corrected chi connectivity index (χ2v) is 7.49. The molecule has 7 nitrogen and oxygen atoms in total. The molecule has 1 rings (SSSR count). The van der Waals surface area contributed by atoms with E-state index in [2.05, 4.69) is 4.74 Å². The van der Waals surface area contributed by atoms with Crippen LogP contribution in [0, 0.1) is 5.92 Å². The van der Waals surface area contributed by atoms with Gasteiger partial charge in [0.05, 0.1) is 13.0 Å². The van der Waals surface area contributed by atoms with E-state index in [1.165, 1.54) is 26.3 Å². The Bertz CT molecular complexity index is 606.